The summed E-state index contributed by atoms with van der Waals surface area (Å²) in [6, 6.07) is 0. The third kappa shape index (κ3) is 1.37. The van der Waals surface area contributed by atoms with Crippen molar-refractivity contribution < 1.29 is 4.57 Å². The van der Waals surface area contributed by atoms with Crippen LogP contribution in [0.4, 0.5) is 0 Å². The summed E-state index contributed by atoms with van der Waals surface area (Å²) in [5.41, 5.74) is 0. The minimum Gasteiger partial charge on any atom is -0.270 e. The van der Waals surface area contributed by atoms with Crippen LogP contribution >= 0.6 is 7.59 Å². The zero-order chi connectivity index (χ0) is 9.47. The maximum Gasteiger partial charge on any atom is 0.286 e. The van der Waals surface area contributed by atoms with Crippen LogP contribution in [0.1, 0.15) is 12.8 Å². The highest BCUT2D eigenvalue weighted by atomic mass is 31.2. The van der Waals surface area contributed by atoms with E-state index in [0.717, 1.165) is 26.2 Å². The van der Waals surface area contributed by atoms with Crippen LogP contribution in [0.15, 0.2) is 0 Å². The van der Waals surface area contributed by atoms with Crippen LogP contribution in [0.2, 0.25) is 0 Å². The lowest BCUT2D eigenvalue weighted by Crippen LogP contribution is -2.28. The number of nitrogens with zero attached hydrogens (tertiary/aromatic N) is 3. The normalized spacial score (nSPS) is 31.5. The first-order chi connectivity index (χ1) is 6.15. The number of rotatable bonds is 1. The highest BCUT2D eigenvalue weighted by Gasteiger charge is 2.44. The maximum atomic E-state index is 12.7. The number of hydrogen-bond donors (Lipinski definition) is 0. The monoisotopic (exact) mass is 203 g/mol. The summed E-state index contributed by atoms with van der Waals surface area (Å²) in [5, 5.41) is 0. The Hall–Kier alpha value is 0.110. The van der Waals surface area contributed by atoms with Crippen molar-refractivity contribution in [1.29, 1.82) is 0 Å². The molecule has 4 nitrogen and oxygen atoms in total. The van der Waals surface area contributed by atoms with Crippen LogP contribution in [0, 0.1) is 0 Å². The van der Waals surface area contributed by atoms with Crippen molar-refractivity contribution in [3.05, 3.63) is 0 Å². The summed E-state index contributed by atoms with van der Waals surface area (Å²) in [5.74, 6) is 0. The first-order valence-corrected chi connectivity index (χ1v) is 6.51. The molecular weight excluding hydrogens is 185 g/mol. The predicted molar refractivity (Wildman–Crippen MR) is 53.7 cm³/mol. The van der Waals surface area contributed by atoms with Gasteiger partial charge in [0.15, 0.2) is 0 Å². The molecule has 0 saturated carbocycles. The van der Waals surface area contributed by atoms with E-state index in [1.165, 1.54) is 12.8 Å². The lowest BCUT2D eigenvalue weighted by molar-refractivity contribution is 0.389. The van der Waals surface area contributed by atoms with Gasteiger partial charge in [-0.25, -0.2) is 14.0 Å². The summed E-state index contributed by atoms with van der Waals surface area (Å²) < 4.78 is 18.9. The van der Waals surface area contributed by atoms with Gasteiger partial charge >= 0.3 is 0 Å². The predicted octanol–water partition coefficient (Wildman–Crippen LogP) is 1.07. The zero-order valence-electron chi connectivity index (χ0n) is 8.44. The highest BCUT2D eigenvalue weighted by molar-refractivity contribution is 7.56. The lowest BCUT2D eigenvalue weighted by atomic mass is 10.4. The minimum atomic E-state index is -2.30. The summed E-state index contributed by atoms with van der Waals surface area (Å²) in [6.45, 7) is 3.88. The summed E-state index contributed by atoms with van der Waals surface area (Å²) in [4.78, 5) is 0. The topological polar surface area (TPSA) is 26.8 Å². The Morgan fingerprint density at radius 3 is 1.85 bits per heavy atom. The van der Waals surface area contributed by atoms with Gasteiger partial charge in [0, 0.05) is 26.2 Å². The van der Waals surface area contributed by atoms with E-state index in [0.29, 0.717) is 0 Å². The largest absolute Gasteiger partial charge is 0.286 e. The molecule has 2 aliphatic heterocycles. The highest BCUT2D eigenvalue weighted by Crippen LogP contribution is 2.58. The Morgan fingerprint density at radius 2 is 1.38 bits per heavy atom. The Kier molecular flexibility index (Phi) is 2.49. The molecule has 2 rings (SSSR count). The molecule has 0 unspecified atom stereocenters. The number of hydrogen-bond acceptors (Lipinski definition) is 1. The van der Waals surface area contributed by atoms with E-state index in [9.17, 15) is 4.57 Å². The van der Waals surface area contributed by atoms with Crippen LogP contribution < -0.4 is 0 Å². The van der Waals surface area contributed by atoms with Gasteiger partial charge in [-0.15, -0.1) is 0 Å². The second-order valence-electron chi connectivity index (χ2n) is 3.94. The Balaban J connectivity index is 2.21. The van der Waals surface area contributed by atoms with E-state index in [4.69, 9.17) is 0 Å². The van der Waals surface area contributed by atoms with Crippen LogP contribution in [-0.4, -0.2) is 54.3 Å². The molecule has 13 heavy (non-hydrogen) atoms. The molecule has 0 aromatic rings. The smallest absolute Gasteiger partial charge is 0.270 e. The summed E-state index contributed by atoms with van der Waals surface area (Å²) in [7, 11) is 1.65. The molecule has 76 valence electrons. The molecule has 0 radical (unpaired) electrons. The Bertz CT molecular complexity index is 226. The average molecular weight is 203 g/mol. The zero-order valence-corrected chi connectivity index (χ0v) is 9.33. The molecule has 2 saturated heterocycles. The fourth-order valence-corrected chi connectivity index (χ4v) is 5.09. The Morgan fingerprint density at radius 1 is 0.923 bits per heavy atom. The van der Waals surface area contributed by atoms with Gasteiger partial charge in [-0.3, -0.25) is 4.57 Å². The van der Waals surface area contributed by atoms with Crippen molar-refractivity contribution in [3.63, 3.8) is 0 Å². The van der Waals surface area contributed by atoms with Crippen LogP contribution in [-0.2, 0) is 4.57 Å². The molecule has 0 N–H and O–H groups in total. The lowest BCUT2D eigenvalue weighted by Gasteiger charge is -2.32. The minimum absolute atomic E-state index is 0.935. The van der Waals surface area contributed by atoms with E-state index in [-0.39, 0.29) is 0 Å². The SMILES string of the molecule is CN1CCN(C)P1(=O)N1CCCC1. The van der Waals surface area contributed by atoms with E-state index in [1.807, 2.05) is 23.4 Å². The van der Waals surface area contributed by atoms with Crippen LogP contribution in [0.3, 0.4) is 0 Å². The van der Waals surface area contributed by atoms with Gasteiger partial charge in [-0.05, 0) is 26.9 Å². The molecular formula is C8H18N3OP. The molecule has 0 bridgehead atoms. The van der Waals surface area contributed by atoms with Crippen molar-refractivity contribution >= 4 is 7.59 Å². The third-order valence-corrected chi connectivity index (χ3v) is 6.40. The average Bonchev–Trinajstić information content (AvgIpc) is 2.70. The van der Waals surface area contributed by atoms with Gasteiger partial charge < -0.3 is 0 Å². The van der Waals surface area contributed by atoms with Gasteiger partial charge in [0.1, 0.15) is 0 Å². The van der Waals surface area contributed by atoms with Gasteiger partial charge in [-0.2, -0.15) is 0 Å². The fourth-order valence-electron chi connectivity index (χ4n) is 2.20. The quantitative estimate of drug-likeness (QED) is 0.595. The first kappa shape index (κ1) is 9.66. The van der Waals surface area contributed by atoms with Gasteiger partial charge in [-0.1, -0.05) is 0 Å². The fraction of sp³-hybridized carbons (Fsp3) is 1.00. The molecule has 0 aromatic heterocycles. The van der Waals surface area contributed by atoms with Crippen LogP contribution in [0.5, 0.6) is 0 Å². The summed E-state index contributed by atoms with van der Waals surface area (Å²) in [6.07, 6.45) is 2.40. The van der Waals surface area contributed by atoms with Gasteiger partial charge in [0.2, 0.25) is 0 Å². The number of likely N-dealkylation sites (N-methyl/N-ethyl adjacent to an activating group) is 2. The van der Waals surface area contributed by atoms with Crippen molar-refractivity contribution in [2.75, 3.05) is 40.3 Å². The molecule has 2 fully saturated rings. The standard InChI is InChI=1S/C8H18N3OP/c1-9-7-8-10(2)13(9,12)11-5-3-4-6-11/h3-8H2,1-2H3. The third-order valence-electron chi connectivity index (χ3n) is 3.09. The van der Waals surface area contributed by atoms with Crippen molar-refractivity contribution in [1.82, 2.24) is 14.0 Å². The van der Waals surface area contributed by atoms with Crippen LogP contribution in [0.25, 0.3) is 0 Å². The molecule has 0 atom stereocenters. The van der Waals surface area contributed by atoms with Gasteiger partial charge in [0.05, 0.1) is 0 Å². The first-order valence-electron chi connectivity index (χ1n) is 4.94. The molecule has 2 heterocycles. The van der Waals surface area contributed by atoms with E-state index >= 15 is 0 Å². The molecule has 0 amide bonds. The van der Waals surface area contributed by atoms with Gasteiger partial charge in [0.25, 0.3) is 7.59 Å². The summed E-state index contributed by atoms with van der Waals surface area (Å²) >= 11 is 0. The maximum absolute atomic E-state index is 12.7. The van der Waals surface area contributed by atoms with E-state index in [2.05, 4.69) is 4.67 Å². The second-order valence-corrected chi connectivity index (χ2v) is 6.89. The molecule has 0 aromatic carbocycles. The van der Waals surface area contributed by atoms with Crippen molar-refractivity contribution in [3.8, 4) is 0 Å². The van der Waals surface area contributed by atoms with E-state index < -0.39 is 7.59 Å². The van der Waals surface area contributed by atoms with Crippen molar-refractivity contribution in [2.45, 2.75) is 12.8 Å². The molecule has 5 heteroatoms. The van der Waals surface area contributed by atoms with Crippen molar-refractivity contribution in [2.24, 2.45) is 0 Å². The molecule has 2 aliphatic rings. The molecule has 0 spiro atoms. The second kappa shape index (κ2) is 3.35. The Labute approximate surface area is 80.0 Å². The molecule has 0 aliphatic carbocycles. The van der Waals surface area contributed by atoms with E-state index in [1.54, 1.807) is 0 Å².